The highest BCUT2D eigenvalue weighted by atomic mass is 16.2. The van der Waals surface area contributed by atoms with Crippen LogP contribution in [0.2, 0.25) is 0 Å². The molecule has 3 amide bonds. The molecule has 0 spiro atoms. The Hall–Kier alpha value is -1.36. The summed E-state index contributed by atoms with van der Waals surface area (Å²) in [4.78, 5) is 23.3. The molecule has 0 unspecified atom stereocenters. The Labute approximate surface area is 102 Å². The summed E-state index contributed by atoms with van der Waals surface area (Å²) in [6.07, 6.45) is 9.73. The van der Waals surface area contributed by atoms with Crippen LogP contribution in [0.3, 0.4) is 0 Å². The number of rotatable bonds is 6. The summed E-state index contributed by atoms with van der Waals surface area (Å²) in [7, 11) is 0. The normalized spacial score (nSPS) is 16.3. The van der Waals surface area contributed by atoms with Gasteiger partial charge in [0.05, 0.1) is 0 Å². The van der Waals surface area contributed by atoms with Gasteiger partial charge in [-0.15, -0.1) is 0 Å². The predicted molar refractivity (Wildman–Crippen MR) is 66.1 cm³/mol. The van der Waals surface area contributed by atoms with Gasteiger partial charge in [0.25, 0.3) is 0 Å². The van der Waals surface area contributed by atoms with E-state index < -0.39 is 0 Å². The number of urea groups is 1. The second kappa shape index (κ2) is 7.84. The maximum atomic E-state index is 11.5. The molecule has 0 aromatic rings. The number of carbonyl (C=O) groups is 2. The van der Waals surface area contributed by atoms with Crippen LogP contribution in [0.15, 0.2) is 12.3 Å². The van der Waals surface area contributed by atoms with E-state index in [-0.39, 0.29) is 6.03 Å². The summed E-state index contributed by atoms with van der Waals surface area (Å²) in [5.41, 5.74) is 5.33. The van der Waals surface area contributed by atoms with E-state index >= 15 is 0 Å². The van der Waals surface area contributed by atoms with Gasteiger partial charge in [-0.1, -0.05) is 18.9 Å². The minimum Gasteiger partial charge on any atom is -0.330 e. The van der Waals surface area contributed by atoms with Crippen molar-refractivity contribution in [2.24, 2.45) is 11.7 Å². The summed E-state index contributed by atoms with van der Waals surface area (Å²) >= 11 is 0. The molecule has 1 fully saturated rings. The van der Waals surface area contributed by atoms with Crippen molar-refractivity contribution in [1.82, 2.24) is 10.2 Å². The topological polar surface area (TPSA) is 75.4 Å². The Morgan fingerprint density at radius 1 is 1.41 bits per heavy atom. The van der Waals surface area contributed by atoms with Crippen molar-refractivity contribution in [2.45, 2.75) is 32.1 Å². The van der Waals surface area contributed by atoms with Crippen LogP contribution in [0, 0.1) is 5.92 Å². The summed E-state index contributed by atoms with van der Waals surface area (Å²) < 4.78 is 0. The smallest absolute Gasteiger partial charge is 0.327 e. The Morgan fingerprint density at radius 3 is 2.71 bits per heavy atom. The number of nitrogens with one attached hydrogen (secondary N) is 1. The van der Waals surface area contributed by atoms with Gasteiger partial charge in [-0.2, -0.15) is 0 Å². The Morgan fingerprint density at radius 2 is 2.12 bits per heavy atom. The van der Waals surface area contributed by atoms with E-state index in [2.05, 4.69) is 5.32 Å². The van der Waals surface area contributed by atoms with Gasteiger partial charge in [-0.3, -0.25) is 9.69 Å². The average Bonchev–Trinajstić information content (AvgIpc) is 2.83. The Bertz CT molecular complexity index is 273. The van der Waals surface area contributed by atoms with E-state index in [0.29, 0.717) is 31.8 Å². The van der Waals surface area contributed by atoms with Crippen molar-refractivity contribution in [2.75, 3.05) is 13.1 Å². The molecule has 96 valence electrons. The van der Waals surface area contributed by atoms with Crippen molar-refractivity contribution in [3.05, 3.63) is 12.3 Å². The summed E-state index contributed by atoms with van der Waals surface area (Å²) in [5.74, 6) is 0.573. The zero-order valence-corrected chi connectivity index (χ0v) is 10.1. The highest BCUT2D eigenvalue weighted by molar-refractivity contribution is 5.85. The lowest BCUT2D eigenvalue weighted by Crippen LogP contribution is -2.37. The fourth-order valence-corrected chi connectivity index (χ4v) is 1.95. The van der Waals surface area contributed by atoms with E-state index in [1.165, 1.54) is 25.7 Å². The van der Waals surface area contributed by atoms with Crippen LogP contribution >= 0.6 is 0 Å². The number of amides is 3. The molecule has 0 bridgehead atoms. The molecule has 0 atom stereocenters. The fraction of sp³-hybridized carbons (Fsp3) is 0.667. The number of allylic oxidation sites excluding steroid dienone is 1. The molecule has 5 heteroatoms. The number of carbonyl (C=O) groups excluding carboxylic acids is 2. The van der Waals surface area contributed by atoms with Gasteiger partial charge >= 0.3 is 6.03 Å². The monoisotopic (exact) mass is 239 g/mol. The number of hydrogen-bond acceptors (Lipinski definition) is 3. The molecule has 1 aliphatic rings. The SMILES string of the molecule is NCCCN(C=O)C(=O)N/C=C/C1CCCC1. The third kappa shape index (κ3) is 4.99. The zero-order chi connectivity index (χ0) is 12.5. The van der Waals surface area contributed by atoms with Gasteiger partial charge < -0.3 is 11.1 Å². The standard InChI is InChI=1S/C12H21N3O2/c13-7-3-9-15(10-16)12(17)14-8-6-11-4-1-2-5-11/h6,8,10-11H,1-5,7,9,13H2,(H,14,17)/b8-6+. The number of imide groups is 1. The van der Waals surface area contributed by atoms with Gasteiger partial charge in [-0.05, 0) is 31.7 Å². The molecule has 0 saturated heterocycles. The van der Waals surface area contributed by atoms with E-state index in [4.69, 9.17) is 5.73 Å². The highest BCUT2D eigenvalue weighted by Crippen LogP contribution is 2.25. The van der Waals surface area contributed by atoms with Crippen LogP contribution in [-0.2, 0) is 4.79 Å². The molecular formula is C12H21N3O2. The fourth-order valence-electron chi connectivity index (χ4n) is 1.95. The molecule has 5 nitrogen and oxygen atoms in total. The predicted octanol–water partition coefficient (Wildman–Crippen LogP) is 1.21. The first-order valence-electron chi connectivity index (χ1n) is 6.17. The van der Waals surface area contributed by atoms with Crippen LogP contribution in [0.5, 0.6) is 0 Å². The molecule has 3 N–H and O–H groups in total. The molecule has 0 aromatic heterocycles. The maximum Gasteiger partial charge on any atom is 0.327 e. The average molecular weight is 239 g/mol. The van der Waals surface area contributed by atoms with E-state index in [0.717, 1.165) is 4.90 Å². The van der Waals surface area contributed by atoms with Crippen molar-refractivity contribution in [3.8, 4) is 0 Å². The second-order valence-electron chi connectivity index (χ2n) is 4.29. The maximum absolute atomic E-state index is 11.5. The van der Waals surface area contributed by atoms with Gasteiger partial charge in [-0.25, -0.2) is 4.79 Å². The lowest BCUT2D eigenvalue weighted by molar-refractivity contribution is -0.115. The van der Waals surface area contributed by atoms with Crippen molar-refractivity contribution in [3.63, 3.8) is 0 Å². The molecule has 0 heterocycles. The van der Waals surface area contributed by atoms with Crippen LogP contribution in [0.25, 0.3) is 0 Å². The Kier molecular flexibility index (Phi) is 6.32. The van der Waals surface area contributed by atoms with Crippen LogP contribution < -0.4 is 11.1 Å². The zero-order valence-electron chi connectivity index (χ0n) is 10.1. The first-order chi connectivity index (χ1) is 8.27. The third-order valence-electron chi connectivity index (χ3n) is 2.97. The summed E-state index contributed by atoms with van der Waals surface area (Å²) in [5, 5.41) is 2.60. The molecule has 0 radical (unpaired) electrons. The highest BCUT2D eigenvalue weighted by Gasteiger charge is 2.12. The number of hydrogen-bond donors (Lipinski definition) is 2. The minimum atomic E-state index is -0.386. The van der Waals surface area contributed by atoms with E-state index in [1.54, 1.807) is 6.20 Å². The van der Waals surface area contributed by atoms with Gasteiger partial charge in [0.15, 0.2) is 0 Å². The number of nitrogens with two attached hydrogens (primary N) is 1. The molecule has 0 aliphatic heterocycles. The van der Waals surface area contributed by atoms with E-state index in [1.807, 2.05) is 6.08 Å². The Balaban J connectivity index is 2.28. The largest absolute Gasteiger partial charge is 0.330 e. The minimum absolute atomic E-state index is 0.364. The first-order valence-corrected chi connectivity index (χ1v) is 6.17. The molecule has 0 aromatic carbocycles. The van der Waals surface area contributed by atoms with Crippen LogP contribution in [0.1, 0.15) is 32.1 Å². The molecule has 17 heavy (non-hydrogen) atoms. The molecule has 1 aliphatic carbocycles. The molecule has 1 saturated carbocycles. The van der Waals surface area contributed by atoms with Gasteiger partial charge in [0, 0.05) is 12.7 Å². The van der Waals surface area contributed by atoms with Crippen molar-refractivity contribution >= 4 is 12.4 Å². The molecular weight excluding hydrogens is 218 g/mol. The quantitative estimate of drug-likeness (QED) is 0.684. The van der Waals surface area contributed by atoms with Gasteiger partial charge in [0.1, 0.15) is 0 Å². The lowest BCUT2D eigenvalue weighted by atomic mass is 10.1. The van der Waals surface area contributed by atoms with E-state index in [9.17, 15) is 9.59 Å². The first kappa shape index (κ1) is 13.7. The molecule has 1 rings (SSSR count). The van der Waals surface area contributed by atoms with Crippen LogP contribution in [0.4, 0.5) is 4.79 Å². The summed E-state index contributed by atoms with van der Waals surface area (Å²) in [6, 6.07) is -0.386. The second-order valence-corrected chi connectivity index (χ2v) is 4.29. The summed E-state index contributed by atoms with van der Waals surface area (Å²) in [6.45, 7) is 0.832. The third-order valence-corrected chi connectivity index (χ3v) is 2.97. The number of nitrogens with zero attached hydrogens (tertiary/aromatic N) is 1. The lowest BCUT2D eigenvalue weighted by Gasteiger charge is -2.14. The van der Waals surface area contributed by atoms with Crippen LogP contribution in [-0.4, -0.2) is 30.4 Å². The van der Waals surface area contributed by atoms with Crippen molar-refractivity contribution < 1.29 is 9.59 Å². The van der Waals surface area contributed by atoms with Crippen molar-refractivity contribution in [1.29, 1.82) is 0 Å². The van der Waals surface area contributed by atoms with Gasteiger partial charge in [0.2, 0.25) is 6.41 Å².